The maximum Gasteiger partial charge on any atom is 1.00 e. The molecule has 1 aliphatic rings. The fraction of sp³-hybridized carbons (Fsp3) is 0.471. The minimum atomic E-state index is -1.15. The van der Waals surface area contributed by atoms with Gasteiger partial charge in [-0.05, 0) is 30.9 Å². The summed E-state index contributed by atoms with van der Waals surface area (Å²) in [6.45, 7) is 5.62. The molecule has 2 atom stereocenters. The van der Waals surface area contributed by atoms with Crippen molar-refractivity contribution in [2.75, 3.05) is 0 Å². The van der Waals surface area contributed by atoms with Crippen molar-refractivity contribution in [1.29, 1.82) is 0 Å². The molecule has 0 saturated carbocycles. The molecular weight excluding hydrogens is 399 g/mol. The molecular formula is C17H22BrN2NaO4. The normalized spacial score (nSPS) is 20.2. The van der Waals surface area contributed by atoms with Gasteiger partial charge in [-0.15, -0.1) is 0 Å². The number of carbonyl (C=O) groups is 2. The Kier molecular flexibility index (Phi) is 11.3. The van der Waals surface area contributed by atoms with Crippen LogP contribution in [-0.2, 0) is 9.59 Å². The van der Waals surface area contributed by atoms with Crippen molar-refractivity contribution in [1.82, 2.24) is 5.32 Å². The third-order valence-corrected chi connectivity index (χ3v) is 4.54. The van der Waals surface area contributed by atoms with E-state index in [1.807, 2.05) is 44.2 Å². The Labute approximate surface area is 179 Å². The summed E-state index contributed by atoms with van der Waals surface area (Å²) in [5.74, 6) is -0.370. The average Bonchev–Trinajstić information content (AvgIpc) is 2.56. The molecule has 132 valence electrons. The van der Waals surface area contributed by atoms with E-state index < -0.39 is 23.3 Å². The molecule has 0 aliphatic carbocycles. The molecule has 1 aliphatic heterocycles. The minimum Gasteiger partial charge on any atom is -0.846 e. The molecule has 0 radical (unpaired) electrons. The van der Waals surface area contributed by atoms with Crippen LogP contribution in [0, 0.1) is 11.3 Å². The van der Waals surface area contributed by atoms with Gasteiger partial charge in [0.05, 0.1) is 6.02 Å². The van der Waals surface area contributed by atoms with E-state index in [0.29, 0.717) is 6.42 Å². The molecule has 2 amide bonds. The number of nitrogens with one attached hydrogen (secondary N) is 1. The summed E-state index contributed by atoms with van der Waals surface area (Å²) in [6, 6.07) is 8.66. The fourth-order valence-electron chi connectivity index (χ4n) is 2.77. The van der Waals surface area contributed by atoms with Crippen molar-refractivity contribution in [2.45, 2.75) is 40.0 Å². The van der Waals surface area contributed by atoms with Crippen molar-refractivity contribution in [3.8, 4) is 5.75 Å². The Balaban J connectivity index is 0.000000540. The summed E-state index contributed by atoms with van der Waals surface area (Å²) in [5.41, 5.74) is -1.15. The van der Waals surface area contributed by atoms with Gasteiger partial charge in [-0.25, -0.2) is 4.99 Å². The molecule has 1 heterocycles. The topological polar surface area (TPSA) is 90.8 Å². The van der Waals surface area contributed by atoms with Crippen LogP contribution in [0.5, 0.6) is 5.75 Å². The molecule has 1 aromatic rings. The van der Waals surface area contributed by atoms with E-state index in [1.165, 1.54) is 0 Å². The van der Waals surface area contributed by atoms with E-state index in [9.17, 15) is 14.7 Å². The summed E-state index contributed by atoms with van der Waals surface area (Å²) in [7, 11) is 0. The maximum absolute atomic E-state index is 11.9. The second kappa shape index (κ2) is 11.7. The van der Waals surface area contributed by atoms with Crippen molar-refractivity contribution < 1.29 is 48.1 Å². The molecule has 0 spiro atoms. The number of amidine groups is 1. The van der Waals surface area contributed by atoms with Gasteiger partial charge >= 0.3 is 29.6 Å². The first kappa shape index (κ1) is 24.1. The third-order valence-electron chi connectivity index (χ3n) is 4.16. The molecule has 1 aromatic carbocycles. The molecule has 8 heteroatoms. The van der Waals surface area contributed by atoms with Crippen LogP contribution in [0.4, 0.5) is 0 Å². The number of nitrogens with zero attached hydrogens (tertiary/aromatic N) is 1. The Hall–Kier alpha value is -0.890. The summed E-state index contributed by atoms with van der Waals surface area (Å²) < 4.78 is 4.73. The average molecular weight is 421 g/mol. The zero-order chi connectivity index (χ0) is 18.2. The molecule has 0 fully saturated rings. The van der Waals surface area contributed by atoms with Gasteiger partial charge in [-0.2, -0.15) is 0 Å². The van der Waals surface area contributed by atoms with Gasteiger partial charge < -0.3 is 14.3 Å². The Morgan fingerprint density at radius 1 is 1.28 bits per heavy atom. The largest absolute Gasteiger partial charge is 1.00 e. The zero-order valence-corrected chi connectivity index (χ0v) is 18.6. The molecule has 6 nitrogen and oxygen atoms in total. The second-order valence-electron chi connectivity index (χ2n) is 5.58. The third kappa shape index (κ3) is 6.09. The molecule has 0 saturated heterocycles. The van der Waals surface area contributed by atoms with E-state index in [2.05, 4.69) is 26.6 Å². The fourth-order valence-corrected chi connectivity index (χ4v) is 2.99. The van der Waals surface area contributed by atoms with Crippen molar-refractivity contribution in [3.63, 3.8) is 0 Å². The number of aliphatic imine (C=N–C) groups is 1. The number of benzene rings is 1. The number of halogens is 1. The van der Waals surface area contributed by atoms with E-state index in [-0.39, 0.29) is 35.5 Å². The predicted molar refractivity (Wildman–Crippen MR) is 93.4 cm³/mol. The van der Waals surface area contributed by atoms with E-state index in [1.54, 1.807) is 6.92 Å². The Morgan fingerprint density at radius 3 is 2.28 bits per heavy atom. The number of amides is 2. The number of para-hydroxylation sites is 1. The van der Waals surface area contributed by atoms with Crippen LogP contribution < -0.4 is 43.8 Å². The quantitative estimate of drug-likeness (QED) is 0.516. The van der Waals surface area contributed by atoms with Gasteiger partial charge in [-0.1, -0.05) is 45.4 Å². The van der Waals surface area contributed by atoms with Crippen LogP contribution in [0.15, 0.2) is 35.3 Å². The SMILES string of the molecule is BrOc1ccccc1.CCCC(C)C1(CC)C(=O)N=C([O-])NC1=O.[Na+]. The van der Waals surface area contributed by atoms with E-state index in [4.69, 9.17) is 3.83 Å². The number of rotatable bonds is 5. The molecule has 1 N–H and O–H groups in total. The van der Waals surface area contributed by atoms with Crippen LogP contribution in [0.2, 0.25) is 0 Å². The molecule has 0 bridgehead atoms. The van der Waals surface area contributed by atoms with Gasteiger partial charge in [0.1, 0.15) is 11.2 Å². The van der Waals surface area contributed by atoms with Gasteiger partial charge in [0.25, 0.3) is 5.91 Å². The van der Waals surface area contributed by atoms with Crippen molar-refractivity contribution >= 4 is 34.1 Å². The molecule has 2 rings (SSSR count). The molecule has 25 heavy (non-hydrogen) atoms. The number of hydrogen-bond donors (Lipinski definition) is 1. The van der Waals surface area contributed by atoms with Gasteiger partial charge in [0.2, 0.25) is 5.91 Å². The van der Waals surface area contributed by atoms with Crippen molar-refractivity contribution in [2.24, 2.45) is 16.3 Å². The van der Waals surface area contributed by atoms with Gasteiger partial charge in [0, 0.05) is 0 Å². The van der Waals surface area contributed by atoms with E-state index in [0.717, 1.165) is 18.6 Å². The second-order valence-corrected chi connectivity index (χ2v) is 5.90. The van der Waals surface area contributed by atoms with Gasteiger partial charge in [-0.3, -0.25) is 9.59 Å². The van der Waals surface area contributed by atoms with Crippen molar-refractivity contribution in [3.05, 3.63) is 30.3 Å². The number of carbonyl (C=O) groups excluding carboxylic acids is 2. The summed E-state index contributed by atoms with van der Waals surface area (Å²) >= 11 is 2.86. The monoisotopic (exact) mass is 420 g/mol. The first-order valence-corrected chi connectivity index (χ1v) is 8.52. The van der Waals surface area contributed by atoms with E-state index >= 15 is 0 Å². The van der Waals surface area contributed by atoms with Crippen LogP contribution in [0.25, 0.3) is 0 Å². The maximum atomic E-state index is 11.9. The first-order valence-electron chi connectivity index (χ1n) is 7.87. The standard InChI is InChI=1S/C11H18N2O3.C6H5BrO.Na/c1-4-6-7(3)11(5-2)8(14)12-10(16)13-9(11)15;7-8-6-4-2-1-3-5-6;/h7H,4-6H2,1-3H3,(H2,12,13,14,15,16);1-5H;/q;;+1/p-1. The minimum absolute atomic E-state index is 0. The summed E-state index contributed by atoms with van der Waals surface area (Å²) in [5, 5.41) is 13.1. The first-order chi connectivity index (χ1) is 11.4. The Bertz CT molecular complexity index is 598. The van der Waals surface area contributed by atoms with Gasteiger partial charge in [0.15, 0.2) is 16.3 Å². The van der Waals surface area contributed by atoms with Crippen LogP contribution >= 0.6 is 16.3 Å². The predicted octanol–water partition coefficient (Wildman–Crippen LogP) is -0.429. The number of hydrogen-bond acceptors (Lipinski definition) is 4. The van der Waals surface area contributed by atoms with Crippen LogP contribution in [0.1, 0.15) is 40.0 Å². The molecule has 0 aromatic heterocycles. The smallest absolute Gasteiger partial charge is 0.846 e. The Morgan fingerprint density at radius 2 is 1.88 bits per heavy atom. The van der Waals surface area contributed by atoms with Crippen LogP contribution in [0.3, 0.4) is 0 Å². The van der Waals surface area contributed by atoms with Crippen LogP contribution in [-0.4, -0.2) is 17.8 Å². The summed E-state index contributed by atoms with van der Waals surface area (Å²) in [4.78, 5) is 27.1. The summed E-state index contributed by atoms with van der Waals surface area (Å²) in [6.07, 6.45) is 2.02. The molecule has 2 unspecified atom stereocenters. The zero-order valence-electron chi connectivity index (χ0n) is 15.0.